The van der Waals surface area contributed by atoms with Crippen LogP contribution < -0.4 is 14.9 Å². The van der Waals surface area contributed by atoms with Crippen LogP contribution >= 0.6 is 27.3 Å². The molecule has 0 bridgehead atoms. The van der Waals surface area contributed by atoms with Gasteiger partial charge in [-0.25, -0.2) is 5.43 Å². The quantitative estimate of drug-likeness (QED) is 0.633. The summed E-state index contributed by atoms with van der Waals surface area (Å²) >= 11 is 4.95. The van der Waals surface area contributed by atoms with Crippen molar-refractivity contribution < 1.29 is 14.3 Å². The molecule has 7 heteroatoms. The van der Waals surface area contributed by atoms with E-state index in [1.165, 1.54) is 14.2 Å². The number of carbonyl (C=O) groups is 1. The van der Waals surface area contributed by atoms with Gasteiger partial charge in [0, 0.05) is 11.6 Å². The second-order valence-corrected chi connectivity index (χ2v) is 6.81. The maximum atomic E-state index is 12.2. The zero-order valence-corrected chi connectivity index (χ0v) is 14.7. The number of benzene rings is 1. The van der Waals surface area contributed by atoms with Crippen LogP contribution in [0.2, 0.25) is 0 Å². The first-order chi connectivity index (χ1) is 10.5. The number of ether oxygens (including phenoxy) is 2. The number of hydrazone groups is 1. The van der Waals surface area contributed by atoms with E-state index < -0.39 is 0 Å². The predicted molar refractivity (Wildman–Crippen MR) is 91.2 cm³/mol. The standard InChI is InChI=1S/C15H15BrN2O3S/c1-9(13-4-5-14(16)22-13)17-18-15(19)10-6-11(20-2)8-12(7-10)21-3/h4-8H,1-3H3,(H,18,19)/b17-9-. The molecule has 0 radical (unpaired) electrons. The first kappa shape index (κ1) is 16.5. The Bertz CT molecular complexity index is 690. The highest BCUT2D eigenvalue weighted by Gasteiger charge is 2.10. The molecule has 116 valence electrons. The largest absolute Gasteiger partial charge is 0.497 e. The average molecular weight is 383 g/mol. The van der Waals surface area contributed by atoms with Gasteiger partial charge in [0.15, 0.2) is 0 Å². The molecule has 0 atom stereocenters. The third kappa shape index (κ3) is 4.08. The topological polar surface area (TPSA) is 59.9 Å². The van der Waals surface area contributed by atoms with Crippen molar-refractivity contribution in [1.29, 1.82) is 0 Å². The van der Waals surface area contributed by atoms with Crippen LogP contribution in [0.1, 0.15) is 22.2 Å². The normalized spacial score (nSPS) is 11.2. The molecule has 1 aromatic heterocycles. The maximum absolute atomic E-state index is 12.2. The lowest BCUT2D eigenvalue weighted by atomic mass is 10.2. The molecule has 0 aliphatic heterocycles. The first-order valence-corrected chi connectivity index (χ1v) is 7.98. The molecule has 0 unspecified atom stereocenters. The molecule has 0 fully saturated rings. The van der Waals surface area contributed by atoms with Crippen molar-refractivity contribution in [3.05, 3.63) is 44.6 Å². The number of hydrogen-bond acceptors (Lipinski definition) is 5. The van der Waals surface area contributed by atoms with E-state index in [0.717, 1.165) is 14.4 Å². The second kappa shape index (κ2) is 7.42. The first-order valence-electron chi connectivity index (χ1n) is 6.37. The molecule has 0 aliphatic carbocycles. The smallest absolute Gasteiger partial charge is 0.271 e. The maximum Gasteiger partial charge on any atom is 0.271 e. The summed E-state index contributed by atoms with van der Waals surface area (Å²) < 4.78 is 11.3. The van der Waals surface area contributed by atoms with Crippen LogP contribution in [0.3, 0.4) is 0 Å². The zero-order chi connectivity index (χ0) is 16.1. The van der Waals surface area contributed by atoms with Crippen molar-refractivity contribution in [2.45, 2.75) is 6.92 Å². The Hall–Kier alpha value is -1.86. The highest BCUT2D eigenvalue weighted by Crippen LogP contribution is 2.23. The summed E-state index contributed by atoms with van der Waals surface area (Å²) in [6.45, 7) is 1.84. The number of nitrogens with zero attached hydrogens (tertiary/aromatic N) is 1. The fourth-order valence-corrected chi connectivity index (χ4v) is 3.03. The molecule has 22 heavy (non-hydrogen) atoms. The summed E-state index contributed by atoms with van der Waals surface area (Å²) in [6, 6.07) is 8.84. The summed E-state index contributed by atoms with van der Waals surface area (Å²) in [5.41, 5.74) is 3.69. The highest BCUT2D eigenvalue weighted by atomic mass is 79.9. The Morgan fingerprint density at radius 2 is 1.82 bits per heavy atom. The number of carbonyl (C=O) groups excluding carboxylic acids is 1. The molecular formula is C15H15BrN2O3S. The molecule has 1 N–H and O–H groups in total. The fraction of sp³-hybridized carbons (Fsp3) is 0.200. The van der Waals surface area contributed by atoms with Gasteiger partial charge in [-0.1, -0.05) is 0 Å². The molecule has 1 heterocycles. The van der Waals surface area contributed by atoms with Crippen molar-refractivity contribution in [3.63, 3.8) is 0 Å². The van der Waals surface area contributed by atoms with Crippen molar-refractivity contribution in [3.8, 4) is 11.5 Å². The second-order valence-electron chi connectivity index (χ2n) is 4.34. The number of halogens is 1. The summed E-state index contributed by atoms with van der Waals surface area (Å²) in [7, 11) is 3.07. The lowest BCUT2D eigenvalue weighted by Crippen LogP contribution is -2.19. The van der Waals surface area contributed by atoms with Crippen LogP contribution in [0, 0.1) is 0 Å². The van der Waals surface area contributed by atoms with Crippen LogP contribution in [0.25, 0.3) is 0 Å². The van der Waals surface area contributed by atoms with Gasteiger partial charge in [0.25, 0.3) is 5.91 Å². The molecule has 0 spiro atoms. The molecule has 1 amide bonds. The van der Waals surface area contributed by atoms with Crippen LogP contribution in [0.5, 0.6) is 11.5 Å². The van der Waals surface area contributed by atoms with E-state index in [9.17, 15) is 4.79 Å². The minimum Gasteiger partial charge on any atom is -0.497 e. The van der Waals surface area contributed by atoms with Crippen molar-refractivity contribution in [1.82, 2.24) is 5.43 Å². The van der Waals surface area contributed by atoms with Crippen molar-refractivity contribution >= 4 is 38.9 Å². The van der Waals surface area contributed by atoms with Crippen LogP contribution in [0.4, 0.5) is 0 Å². The molecule has 1 aromatic carbocycles. The average Bonchev–Trinajstić information content (AvgIpc) is 2.98. The molecule has 2 aromatic rings. The van der Waals surface area contributed by atoms with E-state index in [-0.39, 0.29) is 5.91 Å². The van der Waals surface area contributed by atoms with Crippen molar-refractivity contribution in [2.24, 2.45) is 5.10 Å². The summed E-state index contributed by atoms with van der Waals surface area (Å²) in [5, 5.41) is 4.12. The number of nitrogens with one attached hydrogen (secondary N) is 1. The number of rotatable bonds is 5. The van der Waals surface area contributed by atoms with E-state index in [1.54, 1.807) is 29.5 Å². The minimum atomic E-state index is -0.327. The number of methoxy groups -OCH3 is 2. The van der Waals surface area contributed by atoms with Gasteiger partial charge in [0.05, 0.1) is 28.6 Å². The van der Waals surface area contributed by atoms with E-state index >= 15 is 0 Å². The summed E-state index contributed by atoms with van der Waals surface area (Å²) in [6.07, 6.45) is 0. The monoisotopic (exact) mass is 382 g/mol. The minimum absolute atomic E-state index is 0.327. The van der Waals surface area contributed by atoms with Gasteiger partial charge >= 0.3 is 0 Å². The zero-order valence-electron chi connectivity index (χ0n) is 12.3. The molecule has 5 nitrogen and oxygen atoms in total. The fourth-order valence-electron chi connectivity index (χ4n) is 1.70. The van der Waals surface area contributed by atoms with E-state index in [0.29, 0.717) is 17.1 Å². The Labute approximate surface area is 141 Å². The Morgan fingerprint density at radius 1 is 1.18 bits per heavy atom. The molecule has 0 aliphatic rings. The van der Waals surface area contributed by atoms with Crippen LogP contribution in [-0.4, -0.2) is 25.8 Å². The Kier molecular flexibility index (Phi) is 5.57. The third-order valence-electron chi connectivity index (χ3n) is 2.87. The Balaban J connectivity index is 2.15. The van der Waals surface area contributed by atoms with Gasteiger partial charge in [-0.3, -0.25) is 4.79 Å². The SMILES string of the molecule is COc1cc(OC)cc(C(=O)N/N=C(/C)c2ccc(Br)s2)c1. The number of hydrogen-bond donors (Lipinski definition) is 1. The third-order valence-corrected chi connectivity index (χ3v) is 4.60. The highest BCUT2D eigenvalue weighted by molar-refractivity contribution is 9.11. The Morgan fingerprint density at radius 3 is 2.32 bits per heavy atom. The van der Waals surface area contributed by atoms with Gasteiger partial charge < -0.3 is 9.47 Å². The lowest BCUT2D eigenvalue weighted by molar-refractivity contribution is 0.0954. The summed E-state index contributed by atoms with van der Waals surface area (Å²) in [5.74, 6) is 0.770. The number of thiophene rings is 1. The molecule has 0 saturated carbocycles. The van der Waals surface area contributed by atoms with Gasteiger partial charge in [-0.05, 0) is 47.1 Å². The van der Waals surface area contributed by atoms with Crippen LogP contribution in [0.15, 0.2) is 39.2 Å². The molecular weight excluding hydrogens is 368 g/mol. The van der Waals surface area contributed by atoms with E-state index in [4.69, 9.17) is 9.47 Å². The van der Waals surface area contributed by atoms with E-state index in [2.05, 4.69) is 26.5 Å². The van der Waals surface area contributed by atoms with Crippen LogP contribution in [-0.2, 0) is 0 Å². The van der Waals surface area contributed by atoms with Gasteiger partial charge in [-0.15, -0.1) is 11.3 Å². The van der Waals surface area contributed by atoms with Gasteiger partial charge in [-0.2, -0.15) is 5.10 Å². The molecule has 2 rings (SSSR count). The summed E-state index contributed by atoms with van der Waals surface area (Å²) in [4.78, 5) is 13.2. The molecule has 0 saturated heterocycles. The van der Waals surface area contributed by atoms with E-state index in [1.807, 2.05) is 19.1 Å². The van der Waals surface area contributed by atoms with Gasteiger partial charge in [0.1, 0.15) is 11.5 Å². The van der Waals surface area contributed by atoms with Crippen molar-refractivity contribution in [2.75, 3.05) is 14.2 Å². The lowest BCUT2D eigenvalue weighted by Gasteiger charge is -2.07. The van der Waals surface area contributed by atoms with Gasteiger partial charge in [0.2, 0.25) is 0 Å². The predicted octanol–water partition coefficient (Wildman–Crippen LogP) is 3.68. The number of amides is 1.